The van der Waals surface area contributed by atoms with Crippen molar-refractivity contribution in [2.75, 3.05) is 31.1 Å². The number of fused-ring (bicyclic) bond motifs is 1. The molecule has 9 heteroatoms. The minimum atomic E-state index is -0.726. The molecule has 0 amide bonds. The molecule has 1 fully saturated rings. The molecule has 0 radical (unpaired) electrons. The Morgan fingerprint density at radius 3 is 2.40 bits per heavy atom. The fourth-order valence-electron chi connectivity index (χ4n) is 4.00. The number of anilines is 1. The Balaban J connectivity index is 1.67. The number of halogens is 2. The fraction of sp³-hybridized carbons (Fsp3) is 0.286. The molecular weight excluding hydrogens is 394 g/mol. The summed E-state index contributed by atoms with van der Waals surface area (Å²) in [5.74, 6) is -0.822. The molecular formula is C21H20F2N4O3. The number of hydrogen-bond donors (Lipinski definition) is 0. The number of hydrogen-bond acceptors (Lipinski definition) is 5. The van der Waals surface area contributed by atoms with Gasteiger partial charge in [0.2, 0.25) is 0 Å². The lowest BCUT2D eigenvalue weighted by molar-refractivity contribution is -0.385. The normalized spacial score (nSPS) is 15.0. The van der Waals surface area contributed by atoms with Crippen LogP contribution in [0.4, 0.5) is 20.2 Å². The molecule has 4 rings (SSSR count). The van der Waals surface area contributed by atoms with Crippen molar-refractivity contribution in [3.8, 4) is 0 Å². The van der Waals surface area contributed by atoms with Gasteiger partial charge >= 0.3 is 11.2 Å². The van der Waals surface area contributed by atoms with E-state index < -0.39 is 22.0 Å². The van der Waals surface area contributed by atoms with Gasteiger partial charge in [0.1, 0.15) is 17.3 Å². The number of piperazine rings is 1. The predicted molar refractivity (Wildman–Crippen MR) is 110 cm³/mol. The highest BCUT2D eigenvalue weighted by Gasteiger charge is 2.30. The van der Waals surface area contributed by atoms with E-state index in [4.69, 9.17) is 0 Å². The molecule has 30 heavy (non-hydrogen) atoms. The molecule has 1 aliphatic rings. The van der Waals surface area contributed by atoms with E-state index in [1.54, 1.807) is 11.0 Å². The molecule has 1 saturated heterocycles. The van der Waals surface area contributed by atoms with E-state index in [1.165, 1.54) is 41.9 Å². The Labute approximate surface area is 170 Å². The molecule has 3 aromatic rings. The first kappa shape index (κ1) is 20.0. The minimum Gasteiger partial charge on any atom is -0.363 e. The zero-order valence-corrected chi connectivity index (χ0v) is 16.3. The van der Waals surface area contributed by atoms with Gasteiger partial charge in [-0.3, -0.25) is 19.8 Å². The zero-order valence-electron chi connectivity index (χ0n) is 16.3. The lowest BCUT2D eigenvalue weighted by Gasteiger charge is -2.36. The van der Waals surface area contributed by atoms with Gasteiger partial charge in [-0.25, -0.2) is 8.78 Å². The van der Waals surface area contributed by atoms with Crippen molar-refractivity contribution in [3.63, 3.8) is 0 Å². The second kappa shape index (κ2) is 7.83. The number of benzene rings is 2. The van der Waals surface area contributed by atoms with Gasteiger partial charge in [-0.15, -0.1) is 0 Å². The van der Waals surface area contributed by atoms with Crippen molar-refractivity contribution in [2.45, 2.75) is 6.54 Å². The van der Waals surface area contributed by atoms with E-state index >= 15 is 0 Å². The van der Waals surface area contributed by atoms with Crippen LogP contribution in [0.2, 0.25) is 0 Å². The van der Waals surface area contributed by atoms with E-state index in [9.17, 15) is 23.7 Å². The summed E-state index contributed by atoms with van der Waals surface area (Å²) < 4.78 is 28.6. The highest BCUT2D eigenvalue weighted by atomic mass is 19.1. The van der Waals surface area contributed by atoms with Gasteiger partial charge in [0, 0.05) is 45.2 Å². The number of aryl methyl sites for hydroxylation is 1. The number of aromatic nitrogens is 1. The van der Waals surface area contributed by atoms with Crippen LogP contribution in [-0.2, 0) is 13.6 Å². The summed E-state index contributed by atoms with van der Waals surface area (Å²) in [6.45, 7) is 2.54. The van der Waals surface area contributed by atoms with E-state index in [2.05, 4.69) is 4.90 Å². The first-order valence-electron chi connectivity index (χ1n) is 9.53. The average molecular weight is 414 g/mol. The van der Waals surface area contributed by atoms with Gasteiger partial charge in [0.25, 0.3) is 0 Å². The Morgan fingerprint density at radius 2 is 1.73 bits per heavy atom. The monoisotopic (exact) mass is 414 g/mol. The molecule has 0 atom stereocenters. The molecule has 156 valence electrons. The predicted octanol–water partition coefficient (Wildman–Crippen LogP) is 3.05. The van der Waals surface area contributed by atoms with Crippen LogP contribution in [-0.4, -0.2) is 40.6 Å². The highest BCUT2D eigenvalue weighted by Crippen LogP contribution is 2.34. The molecule has 0 saturated carbocycles. The summed E-state index contributed by atoms with van der Waals surface area (Å²) in [5.41, 5.74) is 0.160. The van der Waals surface area contributed by atoms with Gasteiger partial charge in [0.15, 0.2) is 0 Å². The first-order valence-corrected chi connectivity index (χ1v) is 9.53. The van der Waals surface area contributed by atoms with E-state index in [0.29, 0.717) is 43.6 Å². The second-order valence-electron chi connectivity index (χ2n) is 7.37. The van der Waals surface area contributed by atoms with Gasteiger partial charge in [-0.1, -0.05) is 12.1 Å². The lowest BCUT2D eigenvalue weighted by atomic mass is 10.1. The zero-order chi connectivity index (χ0) is 21.4. The maximum Gasteiger partial charge on any atom is 0.357 e. The van der Waals surface area contributed by atoms with E-state index in [0.717, 1.165) is 5.56 Å². The molecule has 0 N–H and O–H groups in total. The van der Waals surface area contributed by atoms with Gasteiger partial charge in [0.05, 0.1) is 10.4 Å². The van der Waals surface area contributed by atoms with Crippen LogP contribution in [0, 0.1) is 21.7 Å². The summed E-state index contributed by atoms with van der Waals surface area (Å²) in [7, 11) is 1.44. The van der Waals surface area contributed by atoms with Crippen LogP contribution in [0.5, 0.6) is 0 Å². The molecule has 2 aromatic carbocycles. The molecule has 0 unspecified atom stereocenters. The van der Waals surface area contributed by atoms with Crippen LogP contribution in [0.25, 0.3) is 10.9 Å². The van der Waals surface area contributed by atoms with Crippen LogP contribution in [0.3, 0.4) is 0 Å². The van der Waals surface area contributed by atoms with Crippen LogP contribution >= 0.6 is 0 Å². The first-order chi connectivity index (χ1) is 14.3. The number of nitrogens with zero attached hydrogens (tertiary/aromatic N) is 4. The third-order valence-electron chi connectivity index (χ3n) is 5.47. The molecule has 1 aromatic heterocycles. The van der Waals surface area contributed by atoms with E-state index in [1.807, 2.05) is 6.07 Å². The molecule has 2 heterocycles. The van der Waals surface area contributed by atoms with Gasteiger partial charge < -0.3 is 9.47 Å². The summed E-state index contributed by atoms with van der Waals surface area (Å²) in [4.78, 5) is 27.6. The van der Waals surface area contributed by atoms with Crippen LogP contribution in [0.15, 0.2) is 47.3 Å². The smallest absolute Gasteiger partial charge is 0.357 e. The summed E-state index contributed by atoms with van der Waals surface area (Å²) >= 11 is 0. The summed E-state index contributed by atoms with van der Waals surface area (Å²) in [6, 6.07) is 10.3. The third-order valence-corrected chi connectivity index (χ3v) is 5.47. The SMILES string of the molecule is Cn1c(=O)c([N+](=O)[O-])c(N2CCN(Cc3cccc(F)c3)CC2)c2cc(F)ccc21. The Bertz CT molecular complexity index is 1190. The number of rotatable bonds is 4. The maximum absolute atomic E-state index is 14.0. The summed E-state index contributed by atoms with van der Waals surface area (Å²) in [5, 5.41) is 12.1. The van der Waals surface area contributed by atoms with Crippen molar-refractivity contribution in [1.82, 2.24) is 9.47 Å². The minimum absolute atomic E-state index is 0.156. The molecule has 0 aliphatic carbocycles. The van der Waals surface area contributed by atoms with Crippen molar-refractivity contribution in [3.05, 3.63) is 80.1 Å². The molecule has 7 nitrogen and oxygen atoms in total. The Morgan fingerprint density at radius 1 is 1.03 bits per heavy atom. The van der Waals surface area contributed by atoms with E-state index in [-0.39, 0.29) is 11.5 Å². The molecule has 0 spiro atoms. The van der Waals surface area contributed by atoms with Crippen molar-refractivity contribution in [2.24, 2.45) is 7.05 Å². The summed E-state index contributed by atoms with van der Waals surface area (Å²) in [6.07, 6.45) is 0. The second-order valence-corrected chi connectivity index (χ2v) is 7.37. The van der Waals surface area contributed by atoms with Crippen LogP contribution in [0.1, 0.15) is 5.56 Å². The quantitative estimate of drug-likeness (QED) is 0.485. The topological polar surface area (TPSA) is 71.6 Å². The number of nitro groups is 1. The van der Waals surface area contributed by atoms with Crippen molar-refractivity contribution >= 4 is 22.3 Å². The molecule has 1 aliphatic heterocycles. The fourth-order valence-corrected chi connectivity index (χ4v) is 4.00. The Kier molecular flexibility index (Phi) is 5.21. The maximum atomic E-state index is 14.0. The Hall–Kier alpha value is -3.33. The van der Waals surface area contributed by atoms with Crippen molar-refractivity contribution in [1.29, 1.82) is 0 Å². The van der Waals surface area contributed by atoms with Gasteiger partial charge in [-0.05, 0) is 35.9 Å². The third kappa shape index (κ3) is 3.63. The number of pyridine rings is 1. The van der Waals surface area contributed by atoms with Crippen molar-refractivity contribution < 1.29 is 13.7 Å². The highest BCUT2D eigenvalue weighted by molar-refractivity contribution is 5.96. The van der Waals surface area contributed by atoms with Gasteiger partial charge in [-0.2, -0.15) is 0 Å². The largest absolute Gasteiger partial charge is 0.363 e. The lowest BCUT2D eigenvalue weighted by Crippen LogP contribution is -2.46. The average Bonchev–Trinajstić information content (AvgIpc) is 2.71. The standard InChI is InChI=1S/C21H20F2N4O3/c1-24-18-6-5-16(23)12-17(18)19(20(21(24)28)27(29)30)26-9-7-25(8-10-26)13-14-3-2-4-15(22)11-14/h2-6,11-12H,7-10,13H2,1H3. The van der Waals surface area contributed by atoms with Crippen LogP contribution < -0.4 is 10.5 Å². The molecule has 0 bridgehead atoms.